The fourth-order valence-corrected chi connectivity index (χ4v) is 5.27. The van der Waals surface area contributed by atoms with Crippen LogP contribution in [0.5, 0.6) is 5.75 Å². The van der Waals surface area contributed by atoms with Crippen LogP contribution in [0.2, 0.25) is 0 Å². The van der Waals surface area contributed by atoms with Crippen molar-refractivity contribution in [3.8, 4) is 5.75 Å². The van der Waals surface area contributed by atoms with Gasteiger partial charge in [-0.1, -0.05) is 18.2 Å². The Bertz CT molecular complexity index is 825. The number of benzene rings is 1. The first-order valence-corrected chi connectivity index (χ1v) is 9.89. The normalized spacial score (nSPS) is 28.2. The number of hydrogen-bond acceptors (Lipinski definition) is 4. The lowest BCUT2D eigenvalue weighted by molar-refractivity contribution is 0.0912. The zero-order valence-electron chi connectivity index (χ0n) is 15.3. The first-order valence-electron chi connectivity index (χ1n) is 9.89. The highest BCUT2D eigenvalue weighted by Crippen LogP contribution is 2.52. The third-order valence-electron chi connectivity index (χ3n) is 6.27. The van der Waals surface area contributed by atoms with Crippen LogP contribution in [0.3, 0.4) is 0 Å². The molecule has 0 radical (unpaired) electrons. The molecule has 1 aromatic carbocycles. The highest BCUT2D eigenvalue weighted by molar-refractivity contribution is 5.95. The number of para-hydroxylation sites is 1. The number of furan rings is 1. The number of carbonyl (C=O) groups excluding carboxylic acids is 1. The molecule has 0 saturated heterocycles. The number of ether oxygens (including phenoxy) is 1. The van der Waals surface area contributed by atoms with Crippen molar-refractivity contribution in [2.45, 2.75) is 38.7 Å². The number of nitrogens with zero attached hydrogens (tertiary/aromatic N) is 1. The van der Waals surface area contributed by atoms with Gasteiger partial charge in [-0.2, -0.15) is 5.10 Å². The standard InChI is InChI=1S/C22H24N2O3/c25-22(20-7-6-19(27-20)13-26-18-4-2-1-3-5-18)24-23-21-16-9-14-8-15(11-16)12-17(21)10-14/h1-7,14-17H,8-13H2,(H,24,25). The van der Waals surface area contributed by atoms with Gasteiger partial charge in [0, 0.05) is 5.71 Å². The Hall–Kier alpha value is -2.56. The Morgan fingerprint density at radius 3 is 2.41 bits per heavy atom. The van der Waals surface area contributed by atoms with Crippen molar-refractivity contribution in [2.24, 2.45) is 28.8 Å². The molecule has 4 saturated carbocycles. The van der Waals surface area contributed by atoms with Crippen LogP contribution < -0.4 is 10.2 Å². The Labute approximate surface area is 158 Å². The van der Waals surface area contributed by atoms with Crippen LogP contribution in [-0.4, -0.2) is 11.6 Å². The van der Waals surface area contributed by atoms with E-state index in [1.807, 2.05) is 30.3 Å². The van der Waals surface area contributed by atoms with Crippen LogP contribution in [-0.2, 0) is 6.61 Å². The fourth-order valence-electron chi connectivity index (χ4n) is 5.27. The molecule has 0 atom stereocenters. The van der Waals surface area contributed by atoms with E-state index >= 15 is 0 Å². The van der Waals surface area contributed by atoms with Crippen molar-refractivity contribution in [1.29, 1.82) is 0 Å². The number of hydrogen-bond donors (Lipinski definition) is 1. The molecule has 6 rings (SSSR count). The lowest BCUT2D eigenvalue weighted by atomic mass is 9.55. The molecule has 1 heterocycles. The smallest absolute Gasteiger partial charge is 0.307 e. The molecule has 0 aliphatic heterocycles. The van der Waals surface area contributed by atoms with Gasteiger partial charge in [-0.3, -0.25) is 4.79 Å². The van der Waals surface area contributed by atoms with Gasteiger partial charge < -0.3 is 9.15 Å². The molecule has 1 amide bonds. The maximum Gasteiger partial charge on any atom is 0.307 e. The molecule has 4 aliphatic rings. The summed E-state index contributed by atoms with van der Waals surface area (Å²) in [7, 11) is 0. The third-order valence-corrected chi connectivity index (χ3v) is 6.27. The average molecular weight is 364 g/mol. The number of nitrogens with one attached hydrogen (secondary N) is 1. The van der Waals surface area contributed by atoms with Gasteiger partial charge in [-0.15, -0.1) is 0 Å². The Kier molecular flexibility index (Phi) is 4.23. The van der Waals surface area contributed by atoms with Gasteiger partial charge in [0.05, 0.1) is 0 Å². The molecule has 140 valence electrons. The molecule has 0 spiro atoms. The number of amides is 1. The van der Waals surface area contributed by atoms with Crippen molar-refractivity contribution in [3.63, 3.8) is 0 Å². The molecule has 1 aromatic heterocycles. The summed E-state index contributed by atoms with van der Waals surface area (Å²) in [6, 6.07) is 13.0. The van der Waals surface area contributed by atoms with Crippen LogP contribution in [0.25, 0.3) is 0 Å². The van der Waals surface area contributed by atoms with Crippen LogP contribution in [0.4, 0.5) is 0 Å². The van der Waals surface area contributed by atoms with Gasteiger partial charge in [0.25, 0.3) is 0 Å². The van der Waals surface area contributed by atoms with E-state index in [0.29, 0.717) is 24.2 Å². The summed E-state index contributed by atoms with van der Waals surface area (Å²) in [5.74, 6) is 4.30. The molecule has 27 heavy (non-hydrogen) atoms. The maximum absolute atomic E-state index is 12.4. The predicted molar refractivity (Wildman–Crippen MR) is 101 cm³/mol. The van der Waals surface area contributed by atoms with E-state index in [1.165, 1.54) is 37.8 Å². The Morgan fingerprint density at radius 2 is 1.70 bits per heavy atom. The molecule has 1 N–H and O–H groups in total. The lowest BCUT2D eigenvalue weighted by Gasteiger charge is -2.50. The third kappa shape index (κ3) is 3.38. The zero-order chi connectivity index (χ0) is 18.2. The van der Waals surface area contributed by atoms with E-state index in [0.717, 1.165) is 17.6 Å². The lowest BCUT2D eigenvalue weighted by Crippen LogP contribution is -2.46. The molecular formula is C22H24N2O3. The first kappa shape index (κ1) is 16.6. The van der Waals surface area contributed by atoms with Gasteiger partial charge in [0.15, 0.2) is 5.76 Å². The molecular weight excluding hydrogens is 340 g/mol. The van der Waals surface area contributed by atoms with E-state index in [9.17, 15) is 4.79 Å². The van der Waals surface area contributed by atoms with Crippen LogP contribution >= 0.6 is 0 Å². The number of hydrazone groups is 1. The van der Waals surface area contributed by atoms with Crippen molar-refractivity contribution in [1.82, 2.24) is 5.43 Å². The van der Waals surface area contributed by atoms with Crippen molar-refractivity contribution >= 4 is 11.6 Å². The van der Waals surface area contributed by atoms with E-state index < -0.39 is 0 Å². The fraction of sp³-hybridized carbons (Fsp3) is 0.455. The predicted octanol–water partition coefficient (Wildman–Crippen LogP) is 4.40. The molecule has 5 nitrogen and oxygen atoms in total. The molecule has 4 fully saturated rings. The minimum Gasteiger partial charge on any atom is -0.486 e. The summed E-state index contributed by atoms with van der Waals surface area (Å²) in [6.07, 6.45) is 6.42. The van der Waals surface area contributed by atoms with Crippen molar-refractivity contribution in [2.75, 3.05) is 0 Å². The first-order chi connectivity index (χ1) is 13.2. The maximum atomic E-state index is 12.4. The number of carbonyl (C=O) groups is 1. The van der Waals surface area contributed by atoms with Gasteiger partial charge >= 0.3 is 5.91 Å². The molecule has 2 aromatic rings. The molecule has 0 unspecified atom stereocenters. The summed E-state index contributed by atoms with van der Waals surface area (Å²) in [5.41, 5.74) is 3.95. The summed E-state index contributed by atoms with van der Waals surface area (Å²) < 4.78 is 11.3. The van der Waals surface area contributed by atoms with Gasteiger partial charge in [0.1, 0.15) is 18.1 Å². The van der Waals surface area contributed by atoms with E-state index in [4.69, 9.17) is 9.15 Å². The highest BCUT2D eigenvalue weighted by atomic mass is 16.5. The van der Waals surface area contributed by atoms with Crippen LogP contribution in [0, 0.1) is 23.7 Å². The van der Waals surface area contributed by atoms with Gasteiger partial charge in [-0.05, 0) is 80.0 Å². The van der Waals surface area contributed by atoms with Gasteiger partial charge in [-0.25, -0.2) is 5.43 Å². The summed E-state index contributed by atoms with van der Waals surface area (Å²) in [6.45, 7) is 0.290. The Morgan fingerprint density at radius 1 is 1.00 bits per heavy atom. The SMILES string of the molecule is O=C(NN=C1C2CC3CC(C2)CC1C3)c1ccc(COc2ccccc2)o1. The van der Waals surface area contributed by atoms with Crippen molar-refractivity contribution < 1.29 is 13.9 Å². The second-order valence-electron chi connectivity index (χ2n) is 8.15. The summed E-state index contributed by atoms with van der Waals surface area (Å²) >= 11 is 0. The second kappa shape index (κ2) is 6.87. The second-order valence-corrected chi connectivity index (χ2v) is 8.15. The zero-order valence-corrected chi connectivity index (χ0v) is 15.3. The highest BCUT2D eigenvalue weighted by Gasteiger charge is 2.46. The largest absolute Gasteiger partial charge is 0.486 e. The monoisotopic (exact) mass is 364 g/mol. The quantitative estimate of drug-likeness (QED) is 0.800. The molecule has 4 aliphatic carbocycles. The number of rotatable bonds is 5. The van der Waals surface area contributed by atoms with E-state index in [2.05, 4.69) is 10.5 Å². The summed E-state index contributed by atoms with van der Waals surface area (Å²) in [4.78, 5) is 12.4. The Balaban J connectivity index is 1.20. The van der Waals surface area contributed by atoms with Crippen LogP contribution in [0.1, 0.15) is 48.4 Å². The van der Waals surface area contributed by atoms with E-state index in [-0.39, 0.29) is 11.7 Å². The molecule has 5 heteroatoms. The molecule has 4 bridgehead atoms. The van der Waals surface area contributed by atoms with Gasteiger partial charge in [0.2, 0.25) is 0 Å². The summed E-state index contributed by atoms with van der Waals surface area (Å²) in [5, 5.41) is 4.53. The topological polar surface area (TPSA) is 63.8 Å². The van der Waals surface area contributed by atoms with Crippen LogP contribution in [0.15, 0.2) is 52.0 Å². The average Bonchev–Trinajstić information content (AvgIpc) is 3.15. The minimum atomic E-state index is -0.290. The van der Waals surface area contributed by atoms with E-state index in [1.54, 1.807) is 12.1 Å². The van der Waals surface area contributed by atoms with Crippen molar-refractivity contribution in [3.05, 3.63) is 54.0 Å². The minimum absolute atomic E-state index is 0.273.